The maximum Gasteiger partial charge on any atom is 0.0704 e. The molecule has 2 nitrogen and oxygen atoms in total. The van der Waals surface area contributed by atoms with Crippen molar-refractivity contribution in [3.63, 3.8) is 0 Å². The molecular formula is C15H26O2. The van der Waals surface area contributed by atoms with Gasteiger partial charge in [0.2, 0.25) is 0 Å². The van der Waals surface area contributed by atoms with Gasteiger partial charge in [-0.3, -0.25) is 0 Å². The lowest BCUT2D eigenvalue weighted by Gasteiger charge is -2.45. The van der Waals surface area contributed by atoms with Crippen molar-refractivity contribution in [2.24, 2.45) is 11.8 Å². The van der Waals surface area contributed by atoms with Crippen LogP contribution in [0.15, 0.2) is 12.2 Å². The Morgan fingerprint density at radius 1 is 1.06 bits per heavy atom. The lowest BCUT2D eigenvalue weighted by atomic mass is 9.66. The van der Waals surface area contributed by atoms with Crippen LogP contribution in [0.3, 0.4) is 0 Å². The van der Waals surface area contributed by atoms with Crippen LogP contribution >= 0.6 is 0 Å². The molecule has 2 aliphatic carbocycles. The number of allylic oxidation sites excluding steroid dienone is 2. The highest BCUT2D eigenvalue weighted by Gasteiger charge is 2.40. The molecule has 98 valence electrons. The van der Waals surface area contributed by atoms with Crippen LogP contribution in [0.25, 0.3) is 0 Å². The fourth-order valence-electron chi connectivity index (χ4n) is 3.04. The van der Waals surface area contributed by atoms with E-state index >= 15 is 0 Å². The maximum absolute atomic E-state index is 5.94. The average Bonchev–Trinajstić information content (AvgIpc) is 2.30. The first kappa shape index (κ1) is 13.1. The van der Waals surface area contributed by atoms with Gasteiger partial charge in [-0.25, -0.2) is 0 Å². The zero-order valence-corrected chi connectivity index (χ0v) is 11.1. The Hall–Kier alpha value is -0.340. The van der Waals surface area contributed by atoms with Crippen LogP contribution in [0.4, 0.5) is 0 Å². The van der Waals surface area contributed by atoms with Crippen molar-refractivity contribution in [3.8, 4) is 0 Å². The Morgan fingerprint density at radius 2 is 1.88 bits per heavy atom. The fourth-order valence-corrected chi connectivity index (χ4v) is 3.04. The number of fused-ring (bicyclic) bond motifs is 1. The van der Waals surface area contributed by atoms with E-state index in [1.807, 2.05) is 0 Å². The zero-order chi connectivity index (χ0) is 11.9. The van der Waals surface area contributed by atoms with Gasteiger partial charge < -0.3 is 9.47 Å². The van der Waals surface area contributed by atoms with E-state index in [2.05, 4.69) is 19.1 Å². The first-order chi connectivity index (χ1) is 8.42. The minimum atomic E-state index is 0.525. The predicted octanol–water partition coefficient (Wildman–Crippen LogP) is 3.56. The number of rotatable bonds is 6. The molecule has 0 amide bonds. The van der Waals surface area contributed by atoms with Gasteiger partial charge in [0.15, 0.2) is 0 Å². The van der Waals surface area contributed by atoms with Gasteiger partial charge in [0.05, 0.1) is 19.3 Å². The summed E-state index contributed by atoms with van der Waals surface area (Å²) in [4.78, 5) is 0. The van der Waals surface area contributed by atoms with Crippen molar-refractivity contribution in [2.75, 3.05) is 19.8 Å². The van der Waals surface area contributed by atoms with Crippen LogP contribution in [-0.4, -0.2) is 25.9 Å². The summed E-state index contributed by atoms with van der Waals surface area (Å²) in [6.45, 7) is 4.55. The van der Waals surface area contributed by atoms with Crippen molar-refractivity contribution in [1.82, 2.24) is 0 Å². The molecule has 2 heteroatoms. The molecule has 2 aliphatic rings. The molecule has 0 unspecified atom stereocenters. The fraction of sp³-hybridized carbons (Fsp3) is 0.867. The summed E-state index contributed by atoms with van der Waals surface area (Å²) in [6.07, 6.45) is 12.8. The minimum absolute atomic E-state index is 0.525. The van der Waals surface area contributed by atoms with Crippen molar-refractivity contribution < 1.29 is 9.47 Å². The van der Waals surface area contributed by atoms with E-state index in [1.54, 1.807) is 0 Å². The third kappa shape index (κ3) is 3.82. The lowest BCUT2D eigenvalue weighted by Crippen LogP contribution is -2.43. The van der Waals surface area contributed by atoms with Gasteiger partial charge in [-0.1, -0.05) is 19.1 Å². The molecule has 0 aromatic rings. The second kappa shape index (κ2) is 7.17. The van der Waals surface area contributed by atoms with Crippen molar-refractivity contribution in [1.29, 1.82) is 0 Å². The molecule has 0 aliphatic heterocycles. The largest absolute Gasteiger partial charge is 0.379 e. The topological polar surface area (TPSA) is 18.5 Å². The summed E-state index contributed by atoms with van der Waals surface area (Å²) in [5.41, 5.74) is 0. The summed E-state index contributed by atoms with van der Waals surface area (Å²) in [7, 11) is 0. The quantitative estimate of drug-likeness (QED) is 0.520. The Bertz CT molecular complexity index is 237. The minimum Gasteiger partial charge on any atom is -0.379 e. The van der Waals surface area contributed by atoms with Crippen LogP contribution in [0.1, 0.15) is 45.4 Å². The molecule has 1 saturated carbocycles. The SMILES string of the molecule is CCCOCCO[C@H]1C[C@H]2CC/C=C/CC[C@H]21. The number of hydrogen-bond acceptors (Lipinski definition) is 2. The second-order valence-corrected chi connectivity index (χ2v) is 5.31. The van der Waals surface area contributed by atoms with E-state index in [0.29, 0.717) is 6.10 Å². The molecule has 1 fully saturated rings. The molecule has 0 bridgehead atoms. The highest BCUT2D eigenvalue weighted by atomic mass is 16.5. The molecule has 17 heavy (non-hydrogen) atoms. The Morgan fingerprint density at radius 3 is 2.71 bits per heavy atom. The van der Waals surface area contributed by atoms with Gasteiger partial charge >= 0.3 is 0 Å². The molecule has 0 saturated heterocycles. The monoisotopic (exact) mass is 238 g/mol. The third-order valence-corrected chi connectivity index (χ3v) is 4.06. The normalized spacial score (nSPS) is 34.3. The summed E-state index contributed by atoms with van der Waals surface area (Å²) >= 11 is 0. The second-order valence-electron chi connectivity index (χ2n) is 5.31. The Balaban J connectivity index is 1.61. The zero-order valence-electron chi connectivity index (χ0n) is 11.1. The average molecular weight is 238 g/mol. The number of ether oxygens (including phenoxy) is 2. The van der Waals surface area contributed by atoms with Crippen LogP contribution in [0.2, 0.25) is 0 Å². The molecule has 0 radical (unpaired) electrons. The standard InChI is InChI=1S/C15H26O2/c1-2-9-16-10-11-17-15-12-13-7-5-3-4-6-8-14(13)15/h3-4,13-15H,2,5-12H2,1H3/b4-3+/t13-,14-,15+/m1/s1. The van der Waals surface area contributed by atoms with E-state index in [9.17, 15) is 0 Å². The molecular weight excluding hydrogens is 212 g/mol. The predicted molar refractivity (Wildman–Crippen MR) is 70.1 cm³/mol. The van der Waals surface area contributed by atoms with Gasteiger partial charge in [0, 0.05) is 6.61 Å². The van der Waals surface area contributed by atoms with Crippen LogP contribution in [0, 0.1) is 11.8 Å². The molecule has 0 heterocycles. The van der Waals surface area contributed by atoms with Gasteiger partial charge in [-0.05, 0) is 50.4 Å². The summed E-state index contributed by atoms with van der Waals surface area (Å²) < 4.78 is 11.4. The number of hydrogen-bond donors (Lipinski definition) is 0. The summed E-state index contributed by atoms with van der Waals surface area (Å²) in [5, 5.41) is 0. The highest BCUT2D eigenvalue weighted by Crippen LogP contribution is 2.43. The molecule has 0 N–H and O–H groups in total. The summed E-state index contributed by atoms with van der Waals surface area (Å²) in [6, 6.07) is 0. The van der Waals surface area contributed by atoms with E-state index in [4.69, 9.17) is 9.47 Å². The smallest absolute Gasteiger partial charge is 0.0704 e. The first-order valence-corrected chi connectivity index (χ1v) is 7.26. The first-order valence-electron chi connectivity index (χ1n) is 7.26. The molecule has 3 atom stereocenters. The van der Waals surface area contributed by atoms with Crippen LogP contribution in [0.5, 0.6) is 0 Å². The van der Waals surface area contributed by atoms with Crippen molar-refractivity contribution >= 4 is 0 Å². The molecule has 2 rings (SSSR count). The molecule has 0 aromatic heterocycles. The van der Waals surface area contributed by atoms with E-state index in [-0.39, 0.29) is 0 Å². The molecule has 0 aromatic carbocycles. The Kier molecular flexibility index (Phi) is 5.53. The third-order valence-electron chi connectivity index (χ3n) is 4.06. The van der Waals surface area contributed by atoms with Gasteiger partial charge in [0.25, 0.3) is 0 Å². The van der Waals surface area contributed by atoms with Gasteiger partial charge in [-0.15, -0.1) is 0 Å². The van der Waals surface area contributed by atoms with E-state index in [1.165, 1.54) is 32.1 Å². The van der Waals surface area contributed by atoms with Gasteiger partial charge in [0.1, 0.15) is 0 Å². The van der Waals surface area contributed by atoms with Crippen molar-refractivity contribution in [3.05, 3.63) is 12.2 Å². The molecule has 0 spiro atoms. The maximum atomic E-state index is 5.94. The lowest BCUT2D eigenvalue weighted by molar-refractivity contribution is -0.104. The van der Waals surface area contributed by atoms with Crippen LogP contribution in [-0.2, 0) is 9.47 Å². The Labute approximate surface area is 105 Å². The van der Waals surface area contributed by atoms with E-state index in [0.717, 1.165) is 38.1 Å². The highest BCUT2D eigenvalue weighted by molar-refractivity contribution is 4.96. The van der Waals surface area contributed by atoms with Crippen LogP contribution < -0.4 is 0 Å². The summed E-state index contributed by atoms with van der Waals surface area (Å²) in [5.74, 6) is 1.76. The van der Waals surface area contributed by atoms with E-state index < -0.39 is 0 Å². The van der Waals surface area contributed by atoms with Crippen molar-refractivity contribution in [2.45, 2.75) is 51.6 Å². The van der Waals surface area contributed by atoms with Gasteiger partial charge in [-0.2, -0.15) is 0 Å².